The minimum atomic E-state index is -2.88. The summed E-state index contributed by atoms with van der Waals surface area (Å²) >= 11 is 3.12. The van der Waals surface area contributed by atoms with Gasteiger partial charge in [0.2, 0.25) is 0 Å². The van der Waals surface area contributed by atoms with Crippen molar-refractivity contribution in [2.24, 2.45) is 5.92 Å². The van der Waals surface area contributed by atoms with Crippen LogP contribution in [0.4, 0.5) is 10.2 Å². The smallest absolute Gasteiger partial charge is 0.166 e. The molecule has 1 aliphatic rings. The average molecular weight is 323 g/mol. The molecule has 1 saturated heterocycles. The fourth-order valence-corrected chi connectivity index (χ4v) is 3.98. The Balaban J connectivity index is 1.95. The second-order valence-electron chi connectivity index (χ2n) is 4.13. The SMILES string of the molecule is O=S1(=O)CCC(CNc2ncc(Br)cc2F)C1. The van der Waals surface area contributed by atoms with Gasteiger partial charge in [0.1, 0.15) is 0 Å². The lowest BCUT2D eigenvalue weighted by Gasteiger charge is -2.10. The first-order valence-electron chi connectivity index (χ1n) is 5.21. The monoisotopic (exact) mass is 322 g/mol. The van der Waals surface area contributed by atoms with Gasteiger partial charge in [0.25, 0.3) is 0 Å². The maximum atomic E-state index is 13.4. The molecule has 0 saturated carbocycles. The van der Waals surface area contributed by atoms with E-state index in [2.05, 4.69) is 26.2 Å². The van der Waals surface area contributed by atoms with Crippen LogP contribution in [-0.4, -0.2) is 31.5 Å². The Kier molecular flexibility index (Phi) is 3.67. The van der Waals surface area contributed by atoms with Crippen LogP contribution >= 0.6 is 15.9 Å². The Labute approximate surface area is 108 Å². The van der Waals surface area contributed by atoms with Crippen LogP contribution < -0.4 is 5.32 Å². The van der Waals surface area contributed by atoms with Gasteiger partial charge in [-0.05, 0) is 34.3 Å². The highest BCUT2D eigenvalue weighted by atomic mass is 79.9. The molecule has 2 rings (SSSR count). The van der Waals surface area contributed by atoms with E-state index in [0.29, 0.717) is 17.4 Å². The van der Waals surface area contributed by atoms with Gasteiger partial charge in [0, 0.05) is 17.2 Å². The Morgan fingerprint density at radius 2 is 2.35 bits per heavy atom. The first-order chi connectivity index (χ1) is 7.96. The molecule has 7 heteroatoms. The molecule has 4 nitrogen and oxygen atoms in total. The third kappa shape index (κ3) is 3.38. The molecule has 1 fully saturated rings. The van der Waals surface area contributed by atoms with Crippen LogP contribution in [-0.2, 0) is 9.84 Å². The standard InChI is InChI=1S/C10H12BrFN2O2S/c11-8-3-9(12)10(14-5-8)13-4-7-1-2-17(15,16)6-7/h3,5,7H,1-2,4,6H2,(H,13,14). The number of halogens is 2. The third-order valence-electron chi connectivity index (χ3n) is 2.69. The zero-order valence-corrected chi connectivity index (χ0v) is 11.4. The molecule has 1 aromatic rings. The number of rotatable bonds is 3. The number of anilines is 1. The van der Waals surface area contributed by atoms with Gasteiger partial charge in [-0.15, -0.1) is 0 Å². The molecule has 1 atom stereocenters. The normalized spacial score (nSPS) is 22.6. The van der Waals surface area contributed by atoms with Crippen molar-refractivity contribution in [2.45, 2.75) is 6.42 Å². The van der Waals surface area contributed by atoms with Crippen LogP contribution in [0.1, 0.15) is 6.42 Å². The molecule has 17 heavy (non-hydrogen) atoms. The van der Waals surface area contributed by atoms with Crippen LogP contribution in [0.5, 0.6) is 0 Å². The molecule has 0 aromatic carbocycles. The van der Waals surface area contributed by atoms with Crippen molar-refractivity contribution in [2.75, 3.05) is 23.4 Å². The van der Waals surface area contributed by atoms with Crippen LogP contribution in [0.3, 0.4) is 0 Å². The summed E-state index contributed by atoms with van der Waals surface area (Å²) in [5.41, 5.74) is 0. The largest absolute Gasteiger partial charge is 0.367 e. The van der Waals surface area contributed by atoms with Gasteiger partial charge in [-0.1, -0.05) is 0 Å². The van der Waals surface area contributed by atoms with Gasteiger partial charge >= 0.3 is 0 Å². The molecule has 2 heterocycles. The fourth-order valence-electron chi connectivity index (χ4n) is 1.82. The molecule has 1 N–H and O–H groups in total. The van der Waals surface area contributed by atoms with E-state index in [1.165, 1.54) is 12.3 Å². The van der Waals surface area contributed by atoms with Crippen LogP contribution in [0.15, 0.2) is 16.7 Å². The summed E-state index contributed by atoms with van der Waals surface area (Å²) in [6, 6.07) is 1.32. The van der Waals surface area contributed by atoms with E-state index in [4.69, 9.17) is 0 Å². The van der Waals surface area contributed by atoms with Crippen molar-refractivity contribution >= 4 is 31.6 Å². The summed E-state index contributed by atoms with van der Waals surface area (Å²) in [4.78, 5) is 3.89. The quantitative estimate of drug-likeness (QED) is 0.922. The number of pyridine rings is 1. The molecule has 0 radical (unpaired) electrons. The summed E-state index contributed by atoms with van der Waals surface area (Å²) in [6.45, 7) is 0.435. The first-order valence-corrected chi connectivity index (χ1v) is 7.83. The second kappa shape index (κ2) is 4.89. The first kappa shape index (κ1) is 12.8. The van der Waals surface area contributed by atoms with Gasteiger partial charge in [-0.2, -0.15) is 0 Å². The molecule has 0 aliphatic carbocycles. The third-order valence-corrected chi connectivity index (χ3v) is 4.96. The van der Waals surface area contributed by atoms with Crippen molar-refractivity contribution < 1.29 is 12.8 Å². The predicted octanol–water partition coefficient (Wildman–Crippen LogP) is 1.83. The Hall–Kier alpha value is -0.690. The lowest BCUT2D eigenvalue weighted by Crippen LogP contribution is -2.16. The molecular formula is C10H12BrFN2O2S. The molecule has 0 bridgehead atoms. The van der Waals surface area contributed by atoms with E-state index in [1.54, 1.807) is 0 Å². The number of hydrogen-bond donors (Lipinski definition) is 1. The molecule has 1 aliphatic heterocycles. The minimum absolute atomic E-state index is 0.0462. The van der Waals surface area contributed by atoms with Gasteiger partial charge in [0.15, 0.2) is 21.5 Å². The van der Waals surface area contributed by atoms with Gasteiger partial charge in [-0.25, -0.2) is 17.8 Å². The van der Waals surface area contributed by atoms with Crippen LogP contribution in [0.25, 0.3) is 0 Å². The highest BCUT2D eigenvalue weighted by Gasteiger charge is 2.27. The Bertz CT molecular complexity index is 521. The second-order valence-corrected chi connectivity index (χ2v) is 7.28. The Morgan fingerprint density at radius 1 is 1.59 bits per heavy atom. The average Bonchev–Trinajstić information content (AvgIpc) is 2.57. The van der Waals surface area contributed by atoms with Gasteiger partial charge < -0.3 is 5.32 Å². The number of nitrogens with zero attached hydrogens (tertiary/aromatic N) is 1. The van der Waals surface area contributed by atoms with E-state index >= 15 is 0 Å². The van der Waals surface area contributed by atoms with Crippen molar-refractivity contribution in [3.8, 4) is 0 Å². The lowest BCUT2D eigenvalue weighted by atomic mass is 10.1. The maximum absolute atomic E-state index is 13.4. The zero-order valence-electron chi connectivity index (χ0n) is 8.99. The number of aromatic nitrogens is 1. The number of sulfone groups is 1. The predicted molar refractivity (Wildman–Crippen MR) is 67.1 cm³/mol. The van der Waals surface area contributed by atoms with Crippen LogP contribution in [0.2, 0.25) is 0 Å². The topological polar surface area (TPSA) is 59.1 Å². The van der Waals surface area contributed by atoms with Gasteiger partial charge in [0.05, 0.1) is 11.5 Å². The molecule has 1 unspecified atom stereocenters. The summed E-state index contributed by atoms with van der Waals surface area (Å²) in [5, 5.41) is 2.85. The molecule has 1 aromatic heterocycles. The number of nitrogens with one attached hydrogen (secondary N) is 1. The van der Waals surface area contributed by atoms with Crippen LogP contribution in [0, 0.1) is 11.7 Å². The molecule has 0 amide bonds. The van der Waals surface area contributed by atoms with E-state index in [1.807, 2.05) is 0 Å². The zero-order chi connectivity index (χ0) is 12.5. The van der Waals surface area contributed by atoms with E-state index in [0.717, 1.165) is 0 Å². The summed E-state index contributed by atoms with van der Waals surface area (Å²) in [5.74, 6) is 0.177. The van der Waals surface area contributed by atoms with Crippen molar-refractivity contribution in [1.82, 2.24) is 4.98 Å². The van der Waals surface area contributed by atoms with E-state index in [-0.39, 0.29) is 23.2 Å². The highest BCUT2D eigenvalue weighted by molar-refractivity contribution is 9.10. The lowest BCUT2D eigenvalue weighted by molar-refractivity contribution is 0.592. The van der Waals surface area contributed by atoms with E-state index in [9.17, 15) is 12.8 Å². The minimum Gasteiger partial charge on any atom is -0.367 e. The summed E-state index contributed by atoms with van der Waals surface area (Å²) in [7, 11) is -2.88. The molecule has 0 spiro atoms. The van der Waals surface area contributed by atoms with Crippen molar-refractivity contribution in [3.05, 3.63) is 22.6 Å². The summed E-state index contributed by atoms with van der Waals surface area (Å²) < 4.78 is 36.5. The Morgan fingerprint density at radius 3 is 2.94 bits per heavy atom. The fraction of sp³-hybridized carbons (Fsp3) is 0.500. The maximum Gasteiger partial charge on any atom is 0.166 e. The highest BCUT2D eigenvalue weighted by Crippen LogP contribution is 2.20. The molecule has 94 valence electrons. The van der Waals surface area contributed by atoms with Gasteiger partial charge in [-0.3, -0.25) is 0 Å². The van der Waals surface area contributed by atoms with Crippen molar-refractivity contribution in [1.29, 1.82) is 0 Å². The summed E-state index contributed by atoms with van der Waals surface area (Å²) in [6.07, 6.45) is 2.13. The van der Waals surface area contributed by atoms with Crippen molar-refractivity contribution in [3.63, 3.8) is 0 Å². The van der Waals surface area contributed by atoms with E-state index < -0.39 is 15.7 Å². The molecular weight excluding hydrogens is 311 g/mol. The number of hydrogen-bond acceptors (Lipinski definition) is 4.